The maximum absolute atomic E-state index is 12.0. The lowest BCUT2D eigenvalue weighted by Gasteiger charge is -2.30. The maximum atomic E-state index is 12.0. The van der Waals surface area contributed by atoms with E-state index in [0.29, 0.717) is 11.1 Å². The molecule has 4 nitrogen and oxygen atoms in total. The fourth-order valence-corrected chi connectivity index (χ4v) is 2.57. The monoisotopic (exact) mass is 308 g/mol. The lowest BCUT2D eigenvalue weighted by atomic mass is 9.94. The maximum Gasteiger partial charge on any atom is 0.333 e. The number of rotatable bonds is 6. The van der Waals surface area contributed by atoms with Gasteiger partial charge in [-0.05, 0) is 52.4 Å². The average molecular weight is 308 g/mol. The first-order valence-corrected chi connectivity index (χ1v) is 8.25. The third-order valence-corrected chi connectivity index (χ3v) is 3.82. The molecule has 0 saturated heterocycles. The molecule has 0 bridgehead atoms. The van der Waals surface area contributed by atoms with E-state index in [1.165, 1.54) is 0 Å². The van der Waals surface area contributed by atoms with Crippen molar-refractivity contribution in [2.45, 2.75) is 78.4 Å². The molecule has 124 valence electrons. The van der Waals surface area contributed by atoms with Gasteiger partial charge >= 0.3 is 11.9 Å². The summed E-state index contributed by atoms with van der Waals surface area (Å²) >= 11 is 0. The second kappa shape index (κ2) is 9.44. The Morgan fingerprint density at radius 2 is 1.23 bits per heavy atom. The highest BCUT2D eigenvalue weighted by atomic mass is 16.6. The van der Waals surface area contributed by atoms with E-state index < -0.39 is 0 Å². The summed E-state index contributed by atoms with van der Waals surface area (Å²) in [6.07, 6.45) is 8.11. The van der Waals surface area contributed by atoms with E-state index in [1.807, 2.05) is 26.0 Å². The molecule has 0 aliphatic heterocycles. The molecule has 0 heterocycles. The van der Waals surface area contributed by atoms with Gasteiger partial charge in [0.15, 0.2) is 0 Å². The van der Waals surface area contributed by atoms with Gasteiger partial charge in [-0.2, -0.15) is 0 Å². The van der Waals surface area contributed by atoms with Crippen molar-refractivity contribution in [2.75, 3.05) is 0 Å². The van der Waals surface area contributed by atoms with Gasteiger partial charge < -0.3 is 9.47 Å². The van der Waals surface area contributed by atoms with Crippen LogP contribution in [-0.4, -0.2) is 24.1 Å². The van der Waals surface area contributed by atoms with Gasteiger partial charge in [0.25, 0.3) is 0 Å². The van der Waals surface area contributed by atoms with E-state index >= 15 is 0 Å². The standard InChI is InChI=1S/C18H28O4/c1-5-9-13(3)17(19)21-15-11-7-8-12-16(15)22-18(20)14(4)10-6-2/h9-10,15-16H,5-8,11-12H2,1-4H3/b13-9+,14-10+. The van der Waals surface area contributed by atoms with Crippen molar-refractivity contribution in [2.24, 2.45) is 0 Å². The fourth-order valence-electron chi connectivity index (χ4n) is 2.57. The highest BCUT2D eigenvalue weighted by molar-refractivity contribution is 5.88. The van der Waals surface area contributed by atoms with Crippen LogP contribution >= 0.6 is 0 Å². The van der Waals surface area contributed by atoms with E-state index in [9.17, 15) is 9.59 Å². The second-order valence-corrected chi connectivity index (χ2v) is 5.76. The minimum Gasteiger partial charge on any atom is -0.455 e. The summed E-state index contributed by atoms with van der Waals surface area (Å²) in [5.41, 5.74) is 1.22. The number of carbonyl (C=O) groups is 2. The summed E-state index contributed by atoms with van der Waals surface area (Å²) in [5.74, 6) is -0.619. The second-order valence-electron chi connectivity index (χ2n) is 5.76. The van der Waals surface area contributed by atoms with Crippen LogP contribution in [0.1, 0.15) is 66.2 Å². The molecule has 2 atom stereocenters. The lowest BCUT2D eigenvalue weighted by molar-refractivity contribution is -0.166. The van der Waals surface area contributed by atoms with Crippen molar-refractivity contribution in [3.05, 3.63) is 23.3 Å². The molecule has 1 rings (SSSR count). The van der Waals surface area contributed by atoms with E-state index in [4.69, 9.17) is 9.47 Å². The Hall–Kier alpha value is -1.58. The van der Waals surface area contributed by atoms with Crippen LogP contribution in [0.3, 0.4) is 0 Å². The van der Waals surface area contributed by atoms with Crippen LogP contribution < -0.4 is 0 Å². The molecule has 0 aromatic heterocycles. The fraction of sp³-hybridized carbons (Fsp3) is 0.667. The summed E-state index contributed by atoms with van der Waals surface area (Å²) in [6, 6.07) is 0. The molecule has 1 fully saturated rings. The Morgan fingerprint density at radius 1 is 0.864 bits per heavy atom. The van der Waals surface area contributed by atoms with E-state index in [-0.39, 0.29) is 24.1 Å². The van der Waals surface area contributed by atoms with Crippen LogP contribution in [0.5, 0.6) is 0 Å². The molecule has 1 aliphatic rings. The molecule has 0 aromatic rings. The number of allylic oxidation sites excluding steroid dienone is 2. The average Bonchev–Trinajstić information content (AvgIpc) is 2.49. The highest BCUT2D eigenvalue weighted by Crippen LogP contribution is 2.25. The third kappa shape index (κ3) is 5.66. The van der Waals surface area contributed by atoms with Gasteiger partial charge in [-0.15, -0.1) is 0 Å². The number of hydrogen-bond donors (Lipinski definition) is 0. The summed E-state index contributed by atoms with van der Waals surface area (Å²) in [7, 11) is 0. The Kier molecular flexibility index (Phi) is 7.92. The van der Waals surface area contributed by atoms with Crippen molar-refractivity contribution >= 4 is 11.9 Å². The summed E-state index contributed by atoms with van der Waals surface area (Å²) in [4.78, 5) is 24.1. The quantitative estimate of drug-likeness (QED) is 0.547. The number of carbonyl (C=O) groups excluding carboxylic acids is 2. The lowest BCUT2D eigenvalue weighted by Crippen LogP contribution is -2.38. The van der Waals surface area contributed by atoms with Crippen LogP contribution in [0.25, 0.3) is 0 Å². The van der Waals surface area contributed by atoms with E-state index in [0.717, 1.165) is 38.5 Å². The molecule has 1 aliphatic carbocycles. The topological polar surface area (TPSA) is 52.6 Å². The predicted molar refractivity (Wildman–Crippen MR) is 86.3 cm³/mol. The van der Waals surface area contributed by atoms with Crippen LogP contribution in [0.4, 0.5) is 0 Å². The minimum absolute atomic E-state index is 0.310. The van der Waals surface area contributed by atoms with Gasteiger partial charge in [0, 0.05) is 11.1 Å². The number of hydrogen-bond acceptors (Lipinski definition) is 4. The number of ether oxygens (including phenoxy) is 2. The van der Waals surface area contributed by atoms with Crippen LogP contribution in [-0.2, 0) is 19.1 Å². The first kappa shape index (κ1) is 18.5. The summed E-state index contributed by atoms with van der Waals surface area (Å²) in [5, 5.41) is 0. The molecular weight excluding hydrogens is 280 g/mol. The summed E-state index contributed by atoms with van der Waals surface area (Å²) < 4.78 is 11.1. The van der Waals surface area contributed by atoms with Crippen LogP contribution in [0.15, 0.2) is 23.3 Å². The number of esters is 2. The first-order chi connectivity index (χ1) is 10.5. The largest absolute Gasteiger partial charge is 0.455 e. The molecule has 0 amide bonds. The molecule has 0 spiro atoms. The van der Waals surface area contributed by atoms with Crippen molar-refractivity contribution in [1.82, 2.24) is 0 Å². The van der Waals surface area contributed by atoms with Crippen molar-refractivity contribution in [1.29, 1.82) is 0 Å². The molecule has 22 heavy (non-hydrogen) atoms. The molecule has 0 aromatic carbocycles. The zero-order chi connectivity index (χ0) is 16.5. The Morgan fingerprint density at radius 3 is 1.55 bits per heavy atom. The Balaban J connectivity index is 2.67. The molecule has 0 N–H and O–H groups in total. The third-order valence-electron chi connectivity index (χ3n) is 3.82. The van der Waals surface area contributed by atoms with Gasteiger partial charge in [0.2, 0.25) is 0 Å². The van der Waals surface area contributed by atoms with Crippen LogP contribution in [0.2, 0.25) is 0 Å². The van der Waals surface area contributed by atoms with E-state index in [1.54, 1.807) is 13.8 Å². The predicted octanol–water partition coefficient (Wildman–Crippen LogP) is 4.10. The van der Waals surface area contributed by atoms with Crippen molar-refractivity contribution in [3.63, 3.8) is 0 Å². The minimum atomic E-state index is -0.333. The van der Waals surface area contributed by atoms with Crippen molar-refractivity contribution < 1.29 is 19.1 Å². The van der Waals surface area contributed by atoms with Gasteiger partial charge in [-0.1, -0.05) is 26.0 Å². The molecule has 4 heteroatoms. The zero-order valence-electron chi connectivity index (χ0n) is 14.2. The summed E-state index contributed by atoms with van der Waals surface area (Å²) in [6.45, 7) is 7.46. The molecular formula is C18H28O4. The van der Waals surface area contributed by atoms with E-state index in [2.05, 4.69) is 0 Å². The Bertz CT molecular complexity index is 406. The highest BCUT2D eigenvalue weighted by Gasteiger charge is 2.31. The van der Waals surface area contributed by atoms with Crippen LogP contribution in [0, 0.1) is 0 Å². The van der Waals surface area contributed by atoms with Gasteiger partial charge in [0.05, 0.1) is 0 Å². The first-order valence-electron chi connectivity index (χ1n) is 8.25. The Labute approximate surface area is 133 Å². The normalized spacial score (nSPS) is 23.1. The molecule has 1 saturated carbocycles. The molecule has 0 radical (unpaired) electrons. The SMILES string of the molecule is CC/C=C(\C)C(=O)OC1CCCCC1OC(=O)/C(C)=C/CC. The molecule has 2 unspecified atom stereocenters. The van der Waals surface area contributed by atoms with Crippen molar-refractivity contribution in [3.8, 4) is 0 Å². The van der Waals surface area contributed by atoms with Gasteiger partial charge in [0.1, 0.15) is 12.2 Å². The van der Waals surface area contributed by atoms with Gasteiger partial charge in [-0.25, -0.2) is 9.59 Å². The van der Waals surface area contributed by atoms with Gasteiger partial charge in [-0.3, -0.25) is 0 Å². The zero-order valence-corrected chi connectivity index (χ0v) is 14.2. The smallest absolute Gasteiger partial charge is 0.333 e.